The summed E-state index contributed by atoms with van der Waals surface area (Å²) in [7, 11) is 0. The molecule has 1 aromatic heterocycles. The molecule has 0 saturated carbocycles. The van der Waals surface area contributed by atoms with Crippen LogP contribution < -0.4 is 5.32 Å². The van der Waals surface area contributed by atoms with E-state index >= 15 is 0 Å². The number of aliphatic hydroxyl groups excluding tert-OH is 1. The van der Waals surface area contributed by atoms with E-state index in [9.17, 15) is 9.90 Å². The molecule has 0 aliphatic carbocycles. The van der Waals surface area contributed by atoms with E-state index < -0.39 is 0 Å². The number of carbonyl (C=O) groups excluding carboxylic acids is 1. The van der Waals surface area contributed by atoms with Crippen LogP contribution in [-0.4, -0.2) is 53.2 Å². The van der Waals surface area contributed by atoms with Gasteiger partial charge in [-0.05, 0) is 44.0 Å². The molecule has 1 amide bonds. The molecule has 0 radical (unpaired) electrons. The molecular formula is C18H23N3O2. The van der Waals surface area contributed by atoms with Crippen molar-refractivity contribution in [1.82, 2.24) is 15.2 Å². The Kier molecular flexibility index (Phi) is 5.20. The Morgan fingerprint density at radius 2 is 2.09 bits per heavy atom. The summed E-state index contributed by atoms with van der Waals surface area (Å²) in [6, 6.07) is 9.39. The van der Waals surface area contributed by atoms with E-state index in [1.807, 2.05) is 30.3 Å². The number of amides is 1. The van der Waals surface area contributed by atoms with Gasteiger partial charge in [0.1, 0.15) is 0 Å². The zero-order valence-corrected chi connectivity index (χ0v) is 13.2. The van der Waals surface area contributed by atoms with Crippen LogP contribution in [-0.2, 0) is 0 Å². The summed E-state index contributed by atoms with van der Waals surface area (Å²) >= 11 is 0. The molecule has 0 bridgehead atoms. The predicted octanol–water partition coefficient (Wildman–Crippen LogP) is 1.81. The highest BCUT2D eigenvalue weighted by Crippen LogP contribution is 2.16. The predicted molar refractivity (Wildman–Crippen MR) is 90.4 cm³/mol. The van der Waals surface area contributed by atoms with E-state index in [1.54, 1.807) is 6.20 Å². The SMILES string of the molecule is O=C(NCCCN1CCC(O)CC1)c1cccc2ncccc12. The van der Waals surface area contributed by atoms with Gasteiger partial charge in [-0.1, -0.05) is 12.1 Å². The monoisotopic (exact) mass is 313 g/mol. The maximum absolute atomic E-state index is 12.4. The number of pyridine rings is 1. The van der Waals surface area contributed by atoms with Gasteiger partial charge in [-0.3, -0.25) is 9.78 Å². The summed E-state index contributed by atoms with van der Waals surface area (Å²) in [4.78, 5) is 19.0. The zero-order valence-electron chi connectivity index (χ0n) is 13.2. The molecule has 0 spiro atoms. The Bertz CT molecular complexity index is 661. The molecule has 5 nitrogen and oxygen atoms in total. The molecule has 5 heteroatoms. The summed E-state index contributed by atoms with van der Waals surface area (Å²) in [5.74, 6) is -0.0438. The summed E-state index contributed by atoms with van der Waals surface area (Å²) in [5, 5.41) is 13.4. The number of benzene rings is 1. The number of carbonyl (C=O) groups is 1. The number of nitrogens with zero attached hydrogens (tertiary/aromatic N) is 2. The summed E-state index contributed by atoms with van der Waals surface area (Å²) < 4.78 is 0. The average molecular weight is 313 g/mol. The molecule has 1 fully saturated rings. The van der Waals surface area contributed by atoms with Crippen molar-refractivity contribution in [2.24, 2.45) is 0 Å². The van der Waals surface area contributed by atoms with Crippen LogP contribution in [0.5, 0.6) is 0 Å². The molecule has 2 N–H and O–H groups in total. The van der Waals surface area contributed by atoms with Gasteiger partial charge in [0.05, 0.1) is 11.6 Å². The lowest BCUT2D eigenvalue weighted by Crippen LogP contribution is -2.37. The van der Waals surface area contributed by atoms with Crippen molar-refractivity contribution in [3.8, 4) is 0 Å². The first-order valence-electron chi connectivity index (χ1n) is 8.26. The number of aromatic nitrogens is 1. The van der Waals surface area contributed by atoms with Gasteiger partial charge < -0.3 is 15.3 Å². The molecule has 122 valence electrons. The molecule has 0 atom stereocenters. The van der Waals surface area contributed by atoms with Crippen LogP contribution in [0.15, 0.2) is 36.5 Å². The third-order valence-electron chi connectivity index (χ3n) is 4.38. The highest BCUT2D eigenvalue weighted by atomic mass is 16.3. The van der Waals surface area contributed by atoms with Crippen LogP contribution in [0.4, 0.5) is 0 Å². The standard InChI is InChI=1S/C18H23N3O2/c22-14-7-12-21(13-8-14)11-3-10-20-18(23)16-4-1-6-17-15(16)5-2-9-19-17/h1-2,4-6,9,14,22H,3,7-8,10-13H2,(H,20,23). The van der Waals surface area contributed by atoms with E-state index in [4.69, 9.17) is 0 Å². The fraction of sp³-hybridized carbons (Fsp3) is 0.444. The van der Waals surface area contributed by atoms with Crippen LogP contribution in [0.3, 0.4) is 0 Å². The number of aliphatic hydroxyl groups is 1. The Morgan fingerprint density at radius 1 is 1.26 bits per heavy atom. The number of hydrogen-bond donors (Lipinski definition) is 2. The first kappa shape index (κ1) is 15.9. The number of likely N-dealkylation sites (tertiary alicyclic amines) is 1. The van der Waals surface area contributed by atoms with Gasteiger partial charge in [-0.25, -0.2) is 0 Å². The molecule has 2 aromatic rings. The Hall–Kier alpha value is -1.98. The molecule has 1 aromatic carbocycles. The largest absolute Gasteiger partial charge is 0.393 e. The maximum Gasteiger partial charge on any atom is 0.251 e. The van der Waals surface area contributed by atoms with Gasteiger partial charge in [0.2, 0.25) is 0 Å². The highest BCUT2D eigenvalue weighted by Gasteiger charge is 2.16. The second kappa shape index (κ2) is 7.53. The van der Waals surface area contributed by atoms with Crippen LogP contribution in [0.1, 0.15) is 29.6 Å². The minimum absolute atomic E-state index is 0.0438. The smallest absolute Gasteiger partial charge is 0.251 e. The highest BCUT2D eigenvalue weighted by molar-refractivity contribution is 6.06. The number of rotatable bonds is 5. The van der Waals surface area contributed by atoms with Crippen LogP contribution >= 0.6 is 0 Å². The molecule has 1 saturated heterocycles. The topological polar surface area (TPSA) is 65.5 Å². The molecule has 0 unspecified atom stereocenters. The second-order valence-corrected chi connectivity index (χ2v) is 6.06. The fourth-order valence-electron chi connectivity index (χ4n) is 3.04. The Balaban J connectivity index is 1.49. The Labute approximate surface area is 136 Å². The second-order valence-electron chi connectivity index (χ2n) is 6.06. The summed E-state index contributed by atoms with van der Waals surface area (Å²) in [6.45, 7) is 3.52. The van der Waals surface area contributed by atoms with Crippen molar-refractivity contribution >= 4 is 16.8 Å². The van der Waals surface area contributed by atoms with Crippen LogP contribution in [0, 0.1) is 0 Å². The average Bonchev–Trinajstić information content (AvgIpc) is 2.59. The van der Waals surface area contributed by atoms with Gasteiger partial charge in [0, 0.05) is 36.8 Å². The lowest BCUT2D eigenvalue weighted by molar-refractivity contribution is 0.0816. The maximum atomic E-state index is 12.4. The van der Waals surface area contributed by atoms with Gasteiger partial charge in [-0.2, -0.15) is 0 Å². The van der Waals surface area contributed by atoms with Gasteiger partial charge in [0.25, 0.3) is 5.91 Å². The zero-order chi connectivity index (χ0) is 16.1. The summed E-state index contributed by atoms with van der Waals surface area (Å²) in [5.41, 5.74) is 1.52. The lowest BCUT2D eigenvalue weighted by Gasteiger charge is -2.29. The molecule has 1 aliphatic heterocycles. The van der Waals surface area contributed by atoms with E-state index in [2.05, 4.69) is 15.2 Å². The van der Waals surface area contributed by atoms with E-state index in [0.717, 1.165) is 49.8 Å². The number of nitrogens with one attached hydrogen (secondary N) is 1. The first-order valence-corrected chi connectivity index (χ1v) is 8.26. The van der Waals surface area contributed by atoms with Crippen molar-refractivity contribution in [2.45, 2.75) is 25.4 Å². The van der Waals surface area contributed by atoms with Crippen LogP contribution in [0.2, 0.25) is 0 Å². The minimum Gasteiger partial charge on any atom is -0.393 e. The van der Waals surface area contributed by atoms with Crippen molar-refractivity contribution in [2.75, 3.05) is 26.2 Å². The quantitative estimate of drug-likeness (QED) is 0.826. The normalized spacial score (nSPS) is 16.6. The van der Waals surface area contributed by atoms with Gasteiger partial charge >= 0.3 is 0 Å². The lowest BCUT2D eigenvalue weighted by atomic mass is 10.1. The van der Waals surface area contributed by atoms with Crippen molar-refractivity contribution in [3.05, 3.63) is 42.1 Å². The number of fused-ring (bicyclic) bond motifs is 1. The molecule has 3 rings (SSSR count). The number of piperidine rings is 1. The third kappa shape index (κ3) is 4.06. The van der Waals surface area contributed by atoms with Crippen molar-refractivity contribution < 1.29 is 9.90 Å². The van der Waals surface area contributed by atoms with E-state index in [-0.39, 0.29) is 12.0 Å². The first-order chi connectivity index (χ1) is 11.2. The van der Waals surface area contributed by atoms with Gasteiger partial charge in [0.15, 0.2) is 0 Å². The molecule has 23 heavy (non-hydrogen) atoms. The van der Waals surface area contributed by atoms with Gasteiger partial charge in [-0.15, -0.1) is 0 Å². The van der Waals surface area contributed by atoms with E-state index in [1.165, 1.54) is 0 Å². The van der Waals surface area contributed by atoms with Crippen molar-refractivity contribution in [1.29, 1.82) is 0 Å². The fourth-order valence-corrected chi connectivity index (χ4v) is 3.04. The Morgan fingerprint density at radius 3 is 2.91 bits per heavy atom. The molecular weight excluding hydrogens is 290 g/mol. The third-order valence-corrected chi connectivity index (χ3v) is 4.38. The summed E-state index contributed by atoms with van der Waals surface area (Å²) in [6.07, 6.45) is 4.24. The molecule has 2 heterocycles. The minimum atomic E-state index is -0.133. The van der Waals surface area contributed by atoms with E-state index in [0.29, 0.717) is 12.1 Å². The van der Waals surface area contributed by atoms with Crippen LogP contribution in [0.25, 0.3) is 10.9 Å². The molecule has 1 aliphatic rings. The van der Waals surface area contributed by atoms with Crippen molar-refractivity contribution in [3.63, 3.8) is 0 Å². The number of hydrogen-bond acceptors (Lipinski definition) is 4.